The lowest BCUT2D eigenvalue weighted by Gasteiger charge is -2.26. The first-order valence-corrected chi connectivity index (χ1v) is 4.41. The highest BCUT2D eigenvalue weighted by Crippen LogP contribution is 2.22. The van der Waals surface area contributed by atoms with E-state index >= 15 is 0 Å². The van der Waals surface area contributed by atoms with Crippen molar-refractivity contribution in [2.75, 3.05) is 6.61 Å². The molecule has 0 radical (unpaired) electrons. The summed E-state index contributed by atoms with van der Waals surface area (Å²) < 4.78 is 40.0. The molecule has 1 rings (SSSR count). The van der Waals surface area contributed by atoms with Crippen molar-refractivity contribution < 1.29 is 17.9 Å². The Morgan fingerprint density at radius 1 is 1.31 bits per heavy atom. The number of alkyl halides is 3. The number of rotatable bonds is 2. The smallest absolute Gasteiger partial charge is 0.369 e. The molecule has 0 saturated heterocycles. The van der Waals surface area contributed by atoms with Gasteiger partial charge in [-0.25, -0.2) is 0 Å². The Bertz CT molecular complexity index is 160. The standard InChI is InChI=1S/C8H14F3NO/c9-8(10,11)5-13-7-3-1-2-6(12)4-7/h6-7H,1-5,12H2/t6-,7-/m0/s1. The lowest BCUT2D eigenvalue weighted by atomic mass is 9.94. The fourth-order valence-corrected chi connectivity index (χ4v) is 1.54. The van der Waals surface area contributed by atoms with Gasteiger partial charge < -0.3 is 10.5 Å². The van der Waals surface area contributed by atoms with Gasteiger partial charge in [0, 0.05) is 6.04 Å². The summed E-state index contributed by atoms with van der Waals surface area (Å²) in [5.41, 5.74) is 5.60. The van der Waals surface area contributed by atoms with Crippen LogP contribution in [0.5, 0.6) is 0 Å². The third-order valence-electron chi connectivity index (χ3n) is 2.15. The highest BCUT2D eigenvalue weighted by molar-refractivity contribution is 4.75. The van der Waals surface area contributed by atoms with E-state index in [1.165, 1.54) is 0 Å². The van der Waals surface area contributed by atoms with Crippen LogP contribution >= 0.6 is 0 Å². The topological polar surface area (TPSA) is 35.2 Å². The summed E-state index contributed by atoms with van der Waals surface area (Å²) in [6, 6.07) is 0.00647. The molecule has 1 saturated carbocycles. The summed E-state index contributed by atoms with van der Waals surface area (Å²) in [7, 11) is 0. The molecular formula is C8H14F3NO. The predicted molar refractivity (Wildman–Crippen MR) is 42.2 cm³/mol. The fourth-order valence-electron chi connectivity index (χ4n) is 1.54. The molecule has 1 aliphatic rings. The number of ether oxygens (including phenoxy) is 1. The van der Waals surface area contributed by atoms with Crippen LogP contribution in [0.25, 0.3) is 0 Å². The fraction of sp³-hybridized carbons (Fsp3) is 1.00. The van der Waals surface area contributed by atoms with Crippen LogP contribution in [0.15, 0.2) is 0 Å². The minimum absolute atomic E-state index is 0.00647. The van der Waals surface area contributed by atoms with Crippen molar-refractivity contribution in [2.45, 2.75) is 44.0 Å². The summed E-state index contributed by atoms with van der Waals surface area (Å²) in [6.07, 6.45) is -1.51. The van der Waals surface area contributed by atoms with Gasteiger partial charge >= 0.3 is 6.18 Å². The first-order valence-electron chi connectivity index (χ1n) is 4.41. The van der Waals surface area contributed by atoms with Crippen molar-refractivity contribution in [1.29, 1.82) is 0 Å². The minimum atomic E-state index is -4.22. The van der Waals surface area contributed by atoms with Crippen LogP contribution in [0.4, 0.5) is 13.2 Å². The molecule has 0 bridgehead atoms. The summed E-state index contributed by atoms with van der Waals surface area (Å²) >= 11 is 0. The Kier molecular flexibility index (Phi) is 3.55. The monoisotopic (exact) mass is 197 g/mol. The second-order valence-electron chi connectivity index (χ2n) is 3.47. The molecule has 0 aromatic carbocycles. The van der Waals surface area contributed by atoms with Crippen molar-refractivity contribution in [1.82, 2.24) is 0 Å². The Morgan fingerprint density at radius 3 is 2.54 bits per heavy atom. The average Bonchev–Trinajstić information content (AvgIpc) is 2.00. The van der Waals surface area contributed by atoms with E-state index in [2.05, 4.69) is 0 Å². The van der Waals surface area contributed by atoms with Crippen molar-refractivity contribution in [3.8, 4) is 0 Å². The van der Waals surface area contributed by atoms with Crippen LogP contribution in [0.3, 0.4) is 0 Å². The number of hydrogen-bond acceptors (Lipinski definition) is 2. The van der Waals surface area contributed by atoms with Crippen LogP contribution in [-0.4, -0.2) is 24.9 Å². The first-order chi connectivity index (χ1) is 5.97. The minimum Gasteiger partial charge on any atom is -0.369 e. The van der Waals surface area contributed by atoms with E-state index in [1.807, 2.05) is 0 Å². The van der Waals surface area contributed by atoms with Gasteiger partial charge in [0.1, 0.15) is 6.61 Å². The number of halogens is 3. The molecule has 13 heavy (non-hydrogen) atoms. The molecule has 0 aliphatic heterocycles. The van der Waals surface area contributed by atoms with Gasteiger partial charge in [-0.2, -0.15) is 13.2 Å². The zero-order chi connectivity index (χ0) is 9.90. The van der Waals surface area contributed by atoms with Crippen LogP contribution in [-0.2, 0) is 4.74 Å². The van der Waals surface area contributed by atoms with E-state index in [0.717, 1.165) is 12.8 Å². The van der Waals surface area contributed by atoms with Crippen molar-refractivity contribution in [2.24, 2.45) is 5.73 Å². The molecule has 2 N–H and O–H groups in total. The maximum absolute atomic E-state index is 11.8. The third-order valence-corrected chi connectivity index (χ3v) is 2.15. The van der Waals surface area contributed by atoms with Gasteiger partial charge in [0.2, 0.25) is 0 Å². The Morgan fingerprint density at radius 2 is 2.00 bits per heavy atom. The van der Waals surface area contributed by atoms with E-state index in [4.69, 9.17) is 10.5 Å². The predicted octanol–water partition coefficient (Wildman–Crippen LogP) is 1.84. The van der Waals surface area contributed by atoms with Crippen LogP contribution in [0.2, 0.25) is 0 Å². The average molecular weight is 197 g/mol. The summed E-state index contributed by atoms with van der Waals surface area (Å²) in [5, 5.41) is 0. The number of hydrogen-bond donors (Lipinski definition) is 1. The van der Waals surface area contributed by atoms with E-state index in [0.29, 0.717) is 12.8 Å². The molecule has 1 aliphatic carbocycles. The highest BCUT2D eigenvalue weighted by atomic mass is 19.4. The van der Waals surface area contributed by atoms with Crippen molar-refractivity contribution in [3.05, 3.63) is 0 Å². The molecule has 0 amide bonds. The molecule has 0 heterocycles. The molecule has 2 nitrogen and oxygen atoms in total. The van der Waals surface area contributed by atoms with Gasteiger partial charge in [-0.05, 0) is 25.7 Å². The van der Waals surface area contributed by atoms with Crippen LogP contribution < -0.4 is 5.73 Å². The summed E-state index contributed by atoms with van der Waals surface area (Å²) in [5.74, 6) is 0. The molecule has 0 unspecified atom stereocenters. The number of nitrogens with two attached hydrogens (primary N) is 1. The van der Waals surface area contributed by atoms with Gasteiger partial charge in [0.15, 0.2) is 0 Å². The largest absolute Gasteiger partial charge is 0.411 e. The van der Waals surface area contributed by atoms with Crippen molar-refractivity contribution in [3.63, 3.8) is 0 Å². The van der Waals surface area contributed by atoms with Gasteiger partial charge in [-0.1, -0.05) is 0 Å². The first kappa shape index (κ1) is 10.8. The molecule has 1 fully saturated rings. The van der Waals surface area contributed by atoms with Crippen molar-refractivity contribution >= 4 is 0 Å². The Balaban J connectivity index is 2.21. The molecule has 0 aromatic rings. The normalized spacial score (nSPS) is 30.5. The van der Waals surface area contributed by atoms with Gasteiger partial charge in [-0.15, -0.1) is 0 Å². The summed E-state index contributed by atoms with van der Waals surface area (Å²) in [6.45, 7) is -1.15. The maximum Gasteiger partial charge on any atom is 0.411 e. The van der Waals surface area contributed by atoms with Gasteiger partial charge in [-0.3, -0.25) is 0 Å². The quantitative estimate of drug-likeness (QED) is 0.733. The lowest BCUT2D eigenvalue weighted by molar-refractivity contribution is -0.188. The molecule has 2 atom stereocenters. The van der Waals surface area contributed by atoms with Gasteiger partial charge in [0.25, 0.3) is 0 Å². The molecule has 0 aromatic heterocycles. The van der Waals surface area contributed by atoms with E-state index < -0.39 is 12.8 Å². The lowest BCUT2D eigenvalue weighted by Crippen LogP contribution is -2.34. The van der Waals surface area contributed by atoms with E-state index in [9.17, 15) is 13.2 Å². The third kappa shape index (κ3) is 4.47. The maximum atomic E-state index is 11.8. The second kappa shape index (κ2) is 4.28. The Labute approximate surface area is 75.2 Å². The van der Waals surface area contributed by atoms with E-state index in [1.54, 1.807) is 0 Å². The molecule has 0 spiro atoms. The second-order valence-corrected chi connectivity index (χ2v) is 3.47. The zero-order valence-electron chi connectivity index (χ0n) is 7.31. The highest BCUT2D eigenvalue weighted by Gasteiger charge is 2.30. The molecule has 78 valence electrons. The van der Waals surface area contributed by atoms with Gasteiger partial charge in [0.05, 0.1) is 6.10 Å². The molecule has 5 heteroatoms. The van der Waals surface area contributed by atoms with Crippen LogP contribution in [0, 0.1) is 0 Å². The summed E-state index contributed by atoms with van der Waals surface area (Å²) in [4.78, 5) is 0. The Hall–Kier alpha value is -0.290. The van der Waals surface area contributed by atoms with Crippen LogP contribution in [0.1, 0.15) is 25.7 Å². The zero-order valence-corrected chi connectivity index (χ0v) is 7.31. The van der Waals surface area contributed by atoms with E-state index in [-0.39, 0.29) is 12.1 Å². The SMILES string of the molecule is N[C@H]1CCC[C@H](OCC(F)(F)F)C1. The molecular weight excluding hydrogens is 183 g/mol.